The summed E-state index contributed by atoms with van der Waals surface area (Å²) in [6.07, 6.45) is -0.114. The maximum absolute atomic E-state index is 11.3. The molecular formula is C13H18N2O3. The lowest BCUT2D eigenvalue weighted by Gasteiger charge is -2.07. The Bertz CT molecular complexity index is 379. The van der Waals surface area contributed by atoms with E-state index >= 15 is 0 Å². The Kier molecular flexibility index (Phi) is 6.32. The molecule has 18 heavy (non-hydrogen) atoms. The summed E-state index contributed by atoms with van der Waals surface area (Å²) < 4.78 is 9.95. The molecule has 5 heteroatoms. The third-order valence-corrected chi connectivity index (χ3v) is 2.15. The van der Waals surface area contributed by atoms with Gasteiger partial charge in [0.1, 0.15) is 6.61 Å². The second-order valence-electron chi connectivity index (χ2n) is 3.59. The van der Waals surface area contributed by atoms with Crippen LogP contribution in [0.5, 0.6) is 0 Å². The van der Waals surface area contributed by atoms with Gasteiger partial charge in [-0.25, -0.2) is 4.79 Å². The van der Waals surface area contributed by atoms with E-state index < -0.39 is 6.09 Å². The number of alkyl carbamates (subject to hydrolysis) is 1. The van der Waals surface area contributed by atoms with E-state index in [1.165, 1.54) is 0 Å². The minimum atomic E-state index is -0.483. The smallest absolute Gasteiger partial charge is 0.407 e. The van der Waals surface area contributed by atoms with Crippen LogP contribution in [0.1, 0.15) is 18.9 Å². The van der Waals surface area contributed by atoms with Crippen LogP contribution < -0.4 is 5.32 Å². The van der Waals surface area contributed by atoms with Gasteiger partial charge in [-0.15, -0.1) is 0 Å². The van der Waals surface area contributed by atoms with Crippen molar-refractivity contribution in [2.24, 2.45) is 0 Å². The fraction of sp³-hybridized carbons (Fsp3) is 0.385. The van der Waals surface area contributed by atoms with Gasteiger partial charge in [0.05, 0.1) is 6.61 Å². The molecule has 0 aliphatic heterocycles. The molecule has 1 amide bonds. The highest BCUT2D eigenvalue weighted by Crippen LogP contribution is 2.00. The van der Waals surface area contributed by atoms with Crippen molar-refractivity contribution < 1.29 is 14.3 Å². The lowest BCUT2D eigenvalue weighted by molar-refractivity contribution is 0.140. The first-order chi connectivity index (χ1) is 8.72. The maximum Gasteiger partial charge on any atom is 0.407 e. The molecule has 0 spiro atoms. The Morgan fingerprint density at radius 3 is 2.67 bits per heavy atom. The van der Waals surface area contributed by atoms with Crippen molar-refractivity contribution in [3.8, 4) is 0 Å². The van der Waals surface area contributed by atoms with Gasteiger partial charge in [-0.1, -0.05) is 30.3 Å². The first-order valence-corrected chi connectivity index (χ1v) is 5.87. The second-order valence-corrected chi connectivity index (χ2v) is 3.59. The van der Waals surface area contributed by atoms with E-state index in [9.17, 15) is 4.79 Å². The molecule has 0 saturated carbocycles. The third-order valence-electron chi connectivity index (χ3n) is 2.15. The summed E-state index contributed by atoms with van der Waals surface area (Å²) >= 11 is 0. The number of hydrogen-bond donors (Lipinski definition) is 2. The molecule has 1 aromatic carbocycles. The van der Waals surface area contributed by atoms with Crippen LogP contribution in [0.25, 0.3) is 0 Å². The zero-order chi connectivity index (χ0) is 13.2. The van der Waals surface area contributed by atoms with Gasteiger partial charge in [0.15, 0.2) is 5.90 Å². The average molecular weight is 250 g/mol. The van der Waals surface area contributed by atoms with Crippen LogP contribution in [-0.2, 0) is 16.1 Å². The lowest BCUT2D eigenvalue weighted by Crippen LogP contribution is -2.27. The van der Waals surface area contributed by atoms with E-state index in [1.54, 1.807) is 0 Å². The molecule has 2 N–H and O–H groups in total. The van der Waals surface area contributed by atoms with E-state index in [2.05, 4.69) is 5.32 Å². The summed E-state index contributed by atoms with van der Waals surface area (Å²) in [7, 11) is 0. The van der Waals surface area contributed by atoms with E-state index in [4.69, 9.17) is 14.9 Å². The van der Waals surface area contributed by atoms with Gasteiger partial charge in [0.2, 0.25) is 0 Å². The largest absolute Gasteiger partial charge is 0.481 e. The summed E-state index contributed by atoms with van der Waals surface area (Å²) in [6.45, 7) is 2.87. The van der Waals surface area contributed by atoms with Crippen molar-refractivity contribution >= 4 is 12.0 Å². The number of nitrogens with one attached hydrogen (secondary N) is 2. The van der Waals surface area contributed by atoms with Gasteiger partial charge < -0.3 is 14.8 Å². The Balaban J connectivity index is 2.13. The molecule has 0 saturated heterocycles. The van der Waals surface area contributed by atoms with E-state index in [1.807, 2.05) is 37.3 Å². The van der Waals surface area contributed by atoms with Crippen LogP contribution in [0.15, 0.2) is 30.3 Å². The Morgan fingerprint density at radius 1 is 1.28 bits per heavy atom. The number of carbonyl (C=O) groups excluding carboxylic acids is 1. The molecular weight excluding hydrogens is 232 g/mol. The zero-order valence-electron chi connectivity index (χ0n) is 10.4. The van der Waals surface area contributed by atoms with Crippen LogP contribution >= 0.6 is 0 Å². The van der Waals surface area contributed by atoms with Gasteiger partial charge in [-0.2, -0.15) is 0 Å². The van der Waals surface area contributed by atoms with Crippen LogP contribution in [0.4, 0.5) is 4.79 Å². The molecule has 0 fully saturated rings. The van der Waals surface area contributed by atoms with E-state index in [0.717, 1.165) is 5.56 Å². The highest BCUT2D eigenvalue weighted by atomic mass is 16.5. The minimum Gasteiger partial charge on any atom is -0.481 e. The maximum atomic E-state index is 11.3. The quantitative estimate of drug-likeness (QED) is 0.601. The molecule has 0 aromatic heterocycles. The number of carbonyl (C=O) groups is 1. The van der Waals surface area contributed by atoms with Crippen LogP contribution in [-0.4, -0.2) is 25.1 Å². The molecule has 0 radical (unpaired) electrons. The van der Waals surface area contributed by atoms with Crippen molar-refractivity contribution in [2.75, 3.05) is 13.2 Å². The summed E-state index contributed by atoms with van der Waals surface area (Å²) in [4.78, 5) is 11.3. The Labute approximate surface area is 107 Å². The second kappa shape index (κ2) is 8.11. The number of ether oxygens (including phenoxy) is 2. The van der Waals surface area contributed by atoms with Crippen LogP contribution in [0, 0.1) is 5.41 Å². The van der Waals surface area contributed by atoms with Crippen LogP contribution in [0.2, 0.25) is 0 Å². The summed E-state index contributed by atoms with van der Waals surface area (Å²) in [5.74, 6) is 0.167. The standard InChI is InChI=1S/C13H18N2O3/c1-2-17-12(14)8-9-15-13(16)18-10-11-6-4-3-5-7-11/h3-7,14H,2,8-10H2,1H3,(H,15,16). The summed E-state index contributed by atoms with van der Waals surface area (Å²) in [5, 5.41) is 9.92. The SMILES string of the molecule is CCOC(=N)CCNC(=O)OCc1ccccc1. The number of hydrogen-bond acceptors (Lipinski definition) is 4. The predicted molar refractivity (Wildman–Crippen MR) is 68.6 cm³/mol. The Hall–Kier alpha value is -2.04. The molecule has 0 unspecified atom stereocenters. The van der Waals surface area contributed by atoms with Crippen molar-refractivity contribution in [3.63, 3.8) is 0 Å². The summed E-state index contributed by atoms with van der Waals surface area (Å²) in [5.41, 5.74) is 0.940. The average Bonchev–Trinajstić information content (AvgIpc) is 2.38. The van der Waals surface area contributed by atoms with Gasteiger partial charge in [-0.3, -0.25) is 5.41 Å². The molecule has 1 aromatic rings. The monoisotopic (exact) mass is 250 g/mol. The van der Waals surface area contributed by atoms with Gasteiger partial charge >= 0.3 is 6.09 Å². The highest BCUT2D eigenvalue weighted by Gasteiger charge is 2.03. The Morgan fingerprint density at radius 2 is 2.00 bits per heavy atom. The van der Waals surface area contributed by atoms with Crippen molar-refractivity contribution in [2.45, 2.75) is 20.0 Å². The summed E-state index contributed by atoms with van der Waals surface area (Å²) in [6, 6.07) is 9.46. The minimum absolute atomic E-state index is 0.167. The molecule has 98 valence electrons. The van der Waals surface area contributed by atoms with Gasteiger partial charge in [0.25, 0.3) is 0 Å². The molecule has 0 bridgehead atoms. The fourth-order valence-electron chi connectivity index (χ4n) is 1.30. The van der Waals surface area contributed by atoms with Crippen LogP contribution in [0.3, 0.4) is 0 Å². The van der Waals surface area contributed by atoms with E-state index in [-0.39, 0.29) is 12.5 Å². The first-order valence-electron chi connectivity index (χ1n) is 5.87. The topological polar surface area (TPSA) is 71.4 Å². The van der Waals surface area contributed by atoms with Gasteiger partial charge in [0, 0.05) is 13.0 Å². The molecule has 1 rings (SSSR count). The molecule has 0 atom stereocenters. The highest BCUT2D eigenvalue weighted by molar-refractivity contribution is 5.74. The normalized spacial score (nSPS) is 9.61. The first kappa shape index (κ1) is 14.0. The van der Waals surface area contributed by atoms with Gasteiger partial charge in [-0.05, 0) is 12.5 Å². The fourth-order valence-corrected chi connectivity index (χ4v) is 1.30. The zero-order valence-corrected chi connectivity index (χ0v) is 10.4. The third kappa shape index (κ3) is 5.89. The lowest BCUT2D eigenvalue weighted by atomic mass is 10.2. The van der Waals surface area contributed by atoms with Crippen molar-refractivity contribution in [1.82, 2.24) is 5.32 Å². The predicted octanol–water partition coefficient (Wildman–Crippen LogP) is 2.32. The number of benzene rings is 1. The molecule has 0 heterocycles. The molecule has 0 aliphatic carbocycles. The molecule has 0 aliphatic rings. The number of rotatable bonds is 6. The molecule has 5 nitrogen and oxygen atoms in total. The van der Waals surface area contributed by atoms with Crippen molar-refractivity contribution in [3.05, 3.63) is 35.9 Å². The van der Waals surface area contributed by atoms with Crippen molar-refractivity contribution in [1.29, 1.82) is 5.41 Å². The number of amides is 1. The van der Waals surface area contributed by atoms with E-state index in [0.29, 0.717) is 19.6 Å².